The molecule has 0 radical (unpaired) electrons. The van der Waals surface area contributed by atoms with Crippen LogP contribution in [0, 0.1) is 6.92 Å². The number of nitrogens with one attached hydrogen (secondary N) is 2. The number of anilines is 2. The largest absolute Gasteiger partial charge is 0.300 e. The maximum Gasteiger partial charge on any atom is 0.229 e. The number of aryl methyl sites for hydroxylation is 3. The van der Waals surface area contributed by atoms with E-state index >= 15 is 0 Å². The van der Waals surface area contributed by atoms with E-state index in [9.17, 15) is 0 Å². The summed E-state index contributed by atoms with van der Waals surface area (Å²) < 4.78 is 0. The molecule has 0 spiro atoms. The van der Waals surface area contributed by atoms with Crippen molar-refractivity contribution in [3.8, 4) is 11.3 Å². The molecule has 2 N–H and O–H groups in total. The molecule has 3 aromatic rings. The molecule has 100 valence electrons. The van der Waals surface area contributed by atoms with E-state index in [4.69, 9.17) is 0 Å². The van der Waals surface area contributed by atoms with Gasteiger partial charge in [-0.05, 0) is 25.8 Å². The lowest BCUT2D eigenvalue weighted by molar-refractivity contribution is 0.890. The van der Waals surface area contributed by atoms with Crippen LogP contribution in [-0.2, 0) is 12.8 Å². The SMILES string of the molecule is Cc1ccnc(Nc2nc3c(s2)CCc2[nH]ncc2-3)n1. The number of H-pyrrole nitrogens is 1. The fraction of sp³-hybridized carbons (Fsp3) is 0.231. The summed E-state index contributed by atoms with van der Waals surface area (Å²) in [4.78, 5) is 14.5. The van der Waals surface area contributed by atoms with Gasteiger partial charge in [0, 0.05) is 28.0 Å². The molecule has 1 aliphatic rings. The van der Waals surface area contributed by atoms with Crippen molar-refractivity contribution in [1.29, 1.82) is 0 Å². The van der Waals surface area contributed by atoms with Gasteiger partial charge in [0.05, 0.1) is 11.9 Å². The predicted octanol–water partition coefficient (Wildman–Crippen LogP) is 2.47. The standard InChI is InChI=1S/C13H12N6S/c1-7-4-5-14-12(16-7)18-13-17-11-8-6-15-19-9(8)2-3-10(11)20-13/h4-6H,2-3H2,1H3,(H,15,19)(H,14,16,17,18). The van der Waals surface area contributed by atoms with Crippen LogP contribution >= 0.6 is 11.3 Å². The number of aromatic amines is 1. The predicted molar refractivity (Wildman–Crippen MR) is 77.2 cm³/mol. The Balaban J connectivity index is 1.69. The van der Waals surface area contributed by atoms with Gasteiger partial charge in [-0.1, -0.05) is 0 Å². The molecular formula is C13H12N6S. The lowest BCUT2D eigenvalue weighted by Gasteiger charge is -2.08. The second-order valence-corrected chi connectivity index (χ2v) is 5.78. The molecule has 6 nitrogen and oxygen atoms in total. The van der Waals surface area contributed by atoms with Crippen LogP contribution in [0.5, 0.6) is 0 Å². The van der Waals surface area contributed by atoms with Crippen LogP contribution in [0.25, 0.3) is 11.3 Å². The Hall–Kier alpha value is -2.28. The molecule has 20 heavy (non-hydrogen) atoms. The Labute approximate surface area is 119 Å². The van der Waals surface area contributed by atoms with Gasteiger partial charge < -0.3 is 5.32 Å². The van der Waals surface area contributed by atoms with Crippen molar-refractivity contribution < 1.29 is 0 Å². The normalized spacial score (nSPS) is 12.8. The molecule has 0 amide bonds. The van der Waals surface area contributed by atoms with E-state index in [0.717, 1.165) is 34.9 Å². The van der Waals surface area contributed by atoms with Crippen LogP contribution < -0.4 is 5.32 Å². The zero-order valence-corrected chi connectivity index (χ0v) is 11.7. The fourth-order valence-electron chi connectivity index (χ4n) is 2.34. The summed E-state index contributed by atoms with van der Waals surface area (Å²) in [5.74, 6) is 0.587. The van der Waals surface area contributed by atoms with Gasteiger partial charge >= 0.3 is 0 Å². The van der Waals surface area contributed by atoms with Crippen molar-refractivity contribution in [2.24, 2.45) is 0 Å². The first-order chi connectivity index (χ1) is 9.79. The molecule has 3 aromatic heterocycles. The summed E-state index contributed by atoms with van der Waals surface area (Å²) in [6.07, 6.45) is 5.58. The first kappa shape index (κ1) is 11.5. The van der Waals surface area contributed by atoms with E-state index in [1.54, 1.807) is 17.5 Å². The van der Waals surface area contributed by atoms with Gasteiger partial charge in [0.2, 0.25) is 5.95 Å². The van der Waals surface area contributed by atoms with E-state index in [2.05, 4.69) is 30.5 Å². The van der Waals surface area contributed by atoms with Crippen LogP contribution in [0.3, 0.4) is 0 Å². The van der Waals surface area contributed by atoms with Crippen LogP contribution in [0.4, 0.5) is 11.1 Å². The molecular weight excluding hydrogens is 272 g/mol. The van der Waals surface area contributed by atoms with Crippen molar-refractivity contribution >= 4 is 22.4 Å². The topological polar surface area (TPSA) is 79.4 Å². The van der Waals surface area contributed by atoms with Gasteiger partial charge in [-0.3, -0.25) is 5.10 Å². The van der Waals surface area contributed by atoms with Gasteiger partial charge in [-0.2, -0.15) is 5.10 Å². The molecule has 0 atom stereocenters. The number of hydrogen-bond acceptors (Lipinski definition) is 6. The molecule has 3 heterocycles. The summed E-state index contributed by atoms with van der Waals surface area (Å²) in [6, 6.07) is 1.87. The number of aromatic nitrogens is 5. The fourth-order valence-corrected chi connectivity index (χ4v) is 3.30. The summed E-state index contributed by atoms with van der Waals surface area (Å²) in [7, 11) is 0. The number of nitrogens with zero attached hydrogens (tertiary/aromatic N) is 4. The Morgan fingerprint density at radius 1 is 1.30 bits per heavy atom. The molecule has 0 aliphatic heterocycles. The van der Waals surface area contributed by atoms with Crippen LogP contribution in [0.1, 0.15) is 16.3 Å². The first-order valence-corrected chi connectivity index (χ1v) is 7.20. The molecule has 0 saturated carbocycles. The number of thiazole rings is 1. The summed E-state index contributed by atoms with van der Waals surface area (Å²) >= 11 is 1.66. The minimum atomic E-state index is 0.587. The van der Waals surface area contributed by atoms with Crippen molar-refractivity contribution in [1.82, 2.24) is 25.1 Å². The summed E-state index contributed by atoms with van der Waals surface area (Å²) in [6.45, 7) is 1.94. The van der Waals surface area contributed by atoms with Crippen molar-refractivity contribution in [3.63, 3.8) is 0 Å². The third-order valence-electron chi connectivity index (χ3n) is 3.29. The van der Waals surface area contributed by atoms with E-state index in [1.807, 2.05) is 19.2 Å². The van der Waals surface area contributed by atoms with E-state index in [0.29, 0.717) is 5.95 Å². The second kappa shape index (κ2) is 4.38. The molecule has 1 aliphatic carbocycles. The molecule has 4 rings (SSSR count). The van der Waals surface area contributed by atoms with Gasteiger partial charge in [-0.15, -0.1) is 11.3 Å². The van der Waals surface area contributed by atoms with Crippen molar-refractivity contribution in [3.05, 3.63) is 34.7 Å². The molecule has 0 unspecified atom stereocenters. The monoisotopic (exact) mass is 284 g/mol. The average Bonchev–Trinajstić information content (AvgIpc) is 3.02. The lowest BCUT2D eigenvalue weighted by atomic mass is 10.0. The molecule has 0 bridgehead atoms. The number of hydrogen-bond donors (Lipinski definition) is 2. The zero-order chi connectivity index (χ0) is 13.5. The third-order valence-corrected chi connectivity index (χ3v) is 4.32. The zero-order valence-electron chi connectivity index (χ0n) is 10.8. The van der Waals surface area contributed by atoms with E-state index in [-0.39, 0.29) is 0 Å². The van der Waals surface area contributed by atoms with Crippen LogP contribution in [-0.4, -0.2) is 25.1 Å². The van der Waals surface area contributed by atoms with Gasteiger partial charge in [0.15, 0.2) is 5.13 Å². The minimum absolute atomic E-state index is 0.587. The Kier molecular flexibility index (Phi) is 2.53. The Morgan fingerprint density at radius 3 is 3.15 bits per heavy atom. The highest BCUT2D eigenvalue weighted by Crippen LogP contribution is 2.37. The van der Waals surface area contributed by atoms with Gasteiger partial charge in [0.1, 0.15) is 0 Å². The lowest BCUT2D eigenvalue weighted by Crippen LogP contribution is -2.00. The maximum absolute atomic E-state index is 4.66. The summed E-state index contributed by atoms with van der Waals surface area (Å²) in [5.41, 5.74) is 4.24. The van der Waals surface area contributed by atoms with Gasteiger partial charge in [0.25, 0.3) is 0 Å². The van der Waals surface area contributed by atoms with E-state index < -0.39 is 0 Å². The smallest absolute Gasteiger partial charge is 0.229 e. The van der Waals surface area contributed by atoms with Crippen LogP contribution in [0.15, 0.2) is 18.5 Å². The van der Waals surface area contributed by atoms with Gasteiger partial charge in [-0.25, -0.2) is 15.0 Å². The highest BCUT2D eigenvalue weighted by molar-refractivity contribution is 7.16. The maximum atomic E-state index is 4.66. The number of rotatable bonds is 2. The summed E-state index contributed by atoms with van der Waals surface area (Å²) in [5, 5.41) is 11.1. The van der Waals surface area contributed by atoms with Crippen molar-refractivity contribution in [2.45, 2.75) is 19.8 Å². The van der Waals surface area contributed by atoms with Crippen molar-refractivity contribution in [2.75, 3.05) is 5.32 Å². The first-order valence-electron chi connectivity index (χ1n) is 6.38. The molecule has 7 heteroatoms. The quantitative estimate of drug-likeness (QED) is 0.755. The van der Waals surface area contributed by atoms with E-state index in [1.165, 1.54) is 10.6 Å². The Bertz CT molecular complexity index is 775. The molecule has 0 fully saturated rings. The number of fused-ring (bicyclic) bond motifs is 3. The molecule has 0 aromatic carbocycles. The third kappa shape index (κ3) is 1.87. The van der Waals surface area contributed by atoms with Crippen LogP contribution in [0.2, 0.25) is 0 Å². The Morgan fingerprint density at radius 2 is 2.25 bits per heavy atom. The minimum Gasteiger partial charge on any atom is -0.300 e. The highest BCUT2D eigenvalue weighted by atomic mass is 32.1. The average molecular weight is 284 g/mol. The highest BCUT2D eigenvalue weighted by Gasteiger charge is 2.22. The molecule has 0 saturated heterocycles. The second-order valence-electron chi connectivity index (χ2n) is 4.70.